The number of carbonyl (C=O) groups is 1. The van der Waals surface area contributed by atoms with Gasteiger partial charge in [-0.15, -0.1) is 0 Å². The molecule has 0 radical (unpaired) electrons. The Morgan fingerprint density at radius 2 is 2.29 bits per heavy atom. The summed E-state index contributed by atoms with van der Waals surface area (Å²) < 4.78 is 9.64. The molecule has 0 aromatic heterocycles. The van der Waals surface area contributed by atoms with Gasteiger partial charge in [0.15, 0.2) is 6.29 Å². The SMILES string of the molecule is C=CC(O)OCCOC(=O)CCCC. The average molecular weight is 202 g/mol. The highest BCUT2D eigenvalue weighted by atomic mass is 16.6. The van der Waals surface area contributed by atoms with Gasteiger partial charge in [-0.25, -0.2) is 0 Å². The number of aliphatic hydroxyl groups is 1. The Hall–Kier alpha value is -0.870. The second kappa shape index (κ2) is 8.72. The second-order valence-corrected chi connectivity index (χ2v) is 2.82. The van der Waals surface area contributed by atoms with E-state index in [2.05, 4.69) is 6.58 Å². The fourth-order valence-electron chi connectivity index (χ4n) is 0.786. The maximum atomic E-state index is 11.0. The van der Waals surface area contributed by atoms with Crippen molar-refractivity contribution in [2.24, 2.45) is 0 Å². The number of hydrogen-bond donors (Lipinski definition) is 1. The fourth-order valence-corrected chi connectivity index (χ4v) is 0.786. The largest absolute Gasteiger partial charge is 0.463 e. The van der Waals surface area contributed by atoms with Gasteiger partial charge in [-0.2, -0.15) is 0 Å². The molecule has 0 heterocycles. The zero-order valence-electron chi connectivity index (χ0n) is 8.57. The Morgan fingerprint density at radius 1 is 1.57 bits per heavy atom. The summed E-state index contributed by atoms with van der Waals surface area (Å²) in [5.74, 6) is -0.219. The van der Waals surface area contributed by atoms with Gasteiger partial charge in [0.1, 0.15) is 6.61 Å². The third-order valence-electron chi connectivity index (χ3n) is 1.57. The van der Waals surface area contributed by atoms with Gasteiger partial charge in [0.05, 0.1) is 6.61 Å². The minimum atomic E-state index is -0.982. The topological polar surface area (TPSA) is 55.8 Å². The summed E-state index contributed by atoms with van der Waals surface area (Å²) in [6.45, 7) is 5.70. The predicted molar refractivity (Wildman–Crippen MR) is 52.6 cm³/mol. The average Bonchev–Trinajstić information content (AvgIpc) is 2.21. The van der Waals surface area contributed by atoms with Crippen LogP contribution in [-0.2, 0) is 14.3 Å². The number of carbonyl (C=O) groups excluding carboxylic acids is 1. The van der Waals surface area contributed by atoms with Crippen LogP contribution in [0.5, 0.6) is 0 Å². The van der Waals surface area contributed by atoms with Gasteiger partial charge in [-0.1, -0.05) is 19.9 Å². The molecule has 1 unspecified atom stereocenters. The minimum Gasteiger partial charge on any atom is -0.463 e. The summed E-state index contributed by atoms with van der Waals surface area (Å²) in [6, 6.07) is 0. The van der Waals surface area contributed by atoms with Crippen molar-refractivity contribution in [3.8, 4) is 0 Å². The zero-order valence-corrected chi connectivity index (χ0v) is 8.57. The first-order valence-corrected chi connectivity index (χ1v) is 4.78. The first kappa shape index (κ1) is 13.1. The first-order valence-electron chi connectivity index (χ1n) is 4.78. The number of rotatable bonds is 8. The molecule has 0 aromatic carbocycles. The molecule has 1 atom stereocenters. The van der Waals surface area contributed by atoms with Crippen LogP contribution in [0.15, 0.2) is 12.7 Å². The highest BCUT2D eigenvalue weighted by molar-refractivity contribution is 5.69. The molecule has 0 aliphatic rings. The van der Waals surface area contributed by atoms with Crippen LogP contribution < -0.4 is 0 Å². The Bertz CT molecular complexity index is 168. The number of unbranched alkanes of at least 4 members (excludes halogenated alkanes) is 1. The van der Waals surface area contributed by atoms with E-state index in [9.17, 15) is 4.79 Å². The summed E-state index contributed by atoms with van der Waals surface area (Å²) in [5.41, 5.74) is 0. The molecule has 0 aliphatic heterocycles. The molecule has 0 aliphatic carbocycles. The van der Waals surface area contributed by atoms with E-state index in [0.717, 1.165) is 12.8 Å². The lowest BCUT2D eigenvalue weighted by molar-refractivity contribution is -0.148. The van der Waals surface area contributed by atoms with E-state index in [4.69, 9.17) is 14.6 Å². The minimum absolute atomic E-state index is 0.174. The summed E-state index contributed by atoms with van der Waals surface area (Å²) in [7, 11) is 0. The van der Waals surface area contributed by atoms with E-state index in [1.165, 1.54) is 6.08 Å². The van der Waals surface area contributed by atoms with Gasteiger partial charge in [-0.05, 0) is 12.5 Å². The Morgan fingerprint density at radius 3 is 2.86 bits per heavy atom. The number of ether oxygens (including phenoxy) is 2. The highest BCUT2D eigenvalue weighted by Crippen LogP contribution is 1.96. The Kier molecular flexibility index (Phi) is 8.17. The number of hydrogen-bond acceptors (Lipinski definition) is 4. The van der Waals surface area contributed by atoms with E-state index in [-0.39, 0.29) is 19.2 Å². The van der Waals surface area contributed by atoms with Crippen molar-refractivity contribution in [3.63, 3.8) is 0 Å². The van der Waals surface area contributed by atoms with E-state index in [1.807, 2.05) is 6.92 Å². The molecule has 0 fully saturated rings. The molecule has 14 heavy (non-hydrogen) atoms. The lowest BCUT2D eigenvalue weighted by Crippen LogP contribution is -2.15. The summed E-state index contributed by atoms with van der Waals surface area (Å²) in [5, 5.41) is 8.88. The van der Waals surface area contributed by atoms with Gasteiger partial charge < -0.3 is 14.6 Å². The normalized spacial score (nSPS) is 12.1. The van der Waals surface area contributed by atoms with Crippen LogP contribution in [0.1, 0.15) is 26.2 Å². The molecule has 0 aromatic rings. The van der Waals surface area contributed by atoms with E-state index >= 15 is 0 Å². The fraction of sp³-hybridized carbons (Fsp3) is 0.700. The van der Waals surface area contributed by atoms with Gasteiger partial charge in [0.25, 0.3) is 0 Å². The van der Waals surface area contributed by atoms with Crippen LogP contribution in [0.25, 0.3) is 0 Å². The van der Waals surface area contributed by atoms with Crippen molar-refractivity contribution < 1.29 is 19.4 Å². The van der Waals surface area contributed by atoms with Gasteiger partial charge in [-0.3, -0.25) is 4.79 Å². The quantitative estimate of drug-likeness (QED) is 0.278. The third kappa shape index (κ3) is 7.76. The van der Waals surface area contributed by atoms with Crippen molar-refractivity contribution >= 4 is 5.97 Å². The molecule has 0 amide bonds. The molecule has 1 N–H and O–H groups in total. The molecule has 4 heteroatoms. The summed E-state index contributed by atoms with van der Waals surface area (Å²) in [4.78, 5) is 11.0. The van der Waals surface area contributed by atoms with E-state index in [0.29, 0.717) is 6.42 Å². The third-order valence-corrected chi connectivity index (χ3v) is 1.57. The monoisotopic (exact) mass is 202 g/mol. The molecular weight excluding hydrogens is 184 g/mol. The lowest BCUT2D eigenvalue weighted by atomic mass is 10.2. The summed E-state index contributed by atoms with van der Waals surface area (Å²) >= 11 is 0. The molecule has 0 saturated heterocycles. The van der Waals surface area contributed by atoms with Crippen molar-refractivity contribution in [2.75, 3.05) is 13.2 Å². The van der Waals surface area contributed by atoms with Crippen molar-refractivity contribution in [1.82, 2.24) is 0 Å². The maximum absolute atomic E-state index is 11.0. The van der Waals surface area contributed by atoms with E-state index < -0.39 is 6.29 Å². The van der Waals surface area contributed by atoms with Crippen molar-refractivity contribution in [2.45, 2.75) is 32.5 Å². The molecule has 82 valence electrons. The highest BCUT2D eigenvalue weighted by Gasteiger charge is 2.02. The van der Waals surface area contributed by atoms with E-state index in [1.54, 1.807) is 0 Å². The van der Waals surface area contributed by atoms with Crippen LogP contribution in [0, 0.1) is 0 Å². The van der Waals surface area contributed by atoms with Crippen LogP contribution in [0.2, 0.25) is 0 Å². The van der Waals surface area contributed by atoms with Gasteiger partial charge >= 0.3 is 5.97 Å². The predicted octanol–water partition coefficient (Wildman–Crippen LogP) is 1.24. The molecule has 0 rings (SSSR count). The standard InChI is InChI=1S/C10H18O4/c1-3-5-6-10(12)14-8-7-13-9(11)4-2/h4,9,11H,2-3,5-8H2,1H3. The molecule has 0 spiro atoms. The van der Waals surface area contributed by atoms with Gasteiger partial charge in [0.2, 0.25) is 0 Å². The zero-order chi connectivity index (χ0) is 10.8. The Balaban J connectivity index is 3.26. The van der Waals surface area contributed by atoms with Gasteiger partial charge in [0, 0.05) is 6.42 Å². The van der Waals surface area contributed by atoms with Crippen LogP contribution in [0.3, 0.4) is 0 Å². The first-order chi connectivity index (χ1) is 6.70. The van der Waals surface area contributed by atoms with Crippen LogP contribution in [0.4, 0.5) is 0 Å². The molecule has 0 bridgehead atoms. The second-order valence-electron chi connectivity index (χ2n) is 2.82. The molecular formula is C10H18O4. The van der Waals surface area contributed by atoms with Crippen LogP contribution in [-0.4, -0.2) is 30.6 Å². The number of aliphatic hydroxyl groups excluding tert-OH is 1. The van der Waals surface area contributed by atoms with Crippen LogP contribution >= 0.6 is 0 Å². The maximum Gasteiger partial charge on any atom is 0.305 e. The molecule has 0 saturated carbocycles. The van der Waals surface area contributed by atoms with Crippen molar-refractivity contribution in [3.05, 3.63) is 12.7 Å². The van der Waals surface area contributed by atoms with Crippen molar-refractivity contribution in [1.29, 1.82) is 0 Å². The number of esters is 1. The summed E-state index contributed by atoms with van der Waals surface area (Å²) in [6.07, 6.45) is 2.54. The molecule has 4 nitrogen and oxygen atoms in total. The lowest BCUT2D eigenvalue weighted by Gasteiger charge is -2.07. The Labute approximate surface area is 84.5 Å². The smallest absolute Gasteiger partial charge is 0.305 e.